The summed E-state index contributed by atoms with van der Waals surface area (Å²) in [6.45, 7) is 2.02. The highest BCUT2D eigenvalue weighted by atomic mass is 79.9. The largest absolute Gasteiger partial charge is 0.496 e. The van der Waals surface area contributed by atoms with Gasteiger partial charge in [-0.15, -0.1) is 0 Å². The number of fused-ring (bicyclic) bond motifs is 1. The number of benzene rings is 2. The van der Waals surface area contributed by atoms with Gasteiger partial charge < -0.3 is 10.1 Å². The number of anilines is 1. The van der Waals surface area contributed by atoms with Gasteiger partial charge >= 0.3 is 0 Å². The molecule has 0 aliphatic heterocycles. The van der Waals surface area contributed by atoms with Crippen molar-refractivity contribution in [1.82, 2.24) is 4.98 Å². The first-order chi connectivity index (χ1) is 12.1. The lowest BCUT2D eigenvalue weighted by Crippen LogP contribution is -2.15. The van der Waals surface area contributed by atoms with Gasteiger partial charge in [-0.05, 0) is 41.8 Å². The van der Waals surface area contributed by atoms with Crippen LogP contribution in [0.25, 0.3) is 10.9 Å². The Hall–Kier alpha value is -2.40. The van der Waals surface area contributed by atoms with E-state index in [0.29, 0.717) is 6.42 Å². The van der Waals surface area contributed by atoms with E-state index in [1.807, 2.05) is 55.5 Å². The second-order valence-electron chi connectivity index (χ2n) is 5.92. The Morgan fingerprint density at radius 1 is 1.24 bits per heavy atom. The third-order valence-electron chi connectivity index (χ3n) is 4.12. The highest BCUT2D eigenvalue weighted by molar-refractivity contribution is 9.10. The van der Waals surface area contributed by atoms with Crippen LogP contribution in [0.15, 0.2) is 59.2 Å². The number of hydrogen-bond donors (Lipinski definition) is 1. The Morgan fingerprint density at radius 2 is 2.04 bits per heavy atom. The average Bonchev–Trinajstić information content (AvgIpc) is 2.62. The number of pyridine rings is 1. The SMILES string of the molecule is COc1ccc(Br)cc1C(C)CC(=O)Nc1cccc2cccnc12. The summed E-state index contributed by atoms with van der Waals surface area (Å²) in [5.74, 6) is 0.762. The van der Waals surface area contributed by atoms with Crippen LogP contribution in [0.5, 0.6) is 5.75 Å². The molecule has 0 saturated carbocycles. The van der Waals surface area contributed by atoms with Crippen molar-refractivity contribution in [1.29, 1.82) is 0 Å². The molecule has 0 radical (unpaired) electrons. The number of rotatable bonds is 5. The minimum atomic E-state index is -0.0484. The Morgan fingerprint density at radius 3 is 2.84 bits per heavy atom. The van der Waals surface area contributed by atoms with Gasteiger partial charge in [-0.2, -0.15) is 0 Å². The monoisotopic (exact) mass is 398 g/mol. The number of nitrogens with zero attached hydrogens (tertiary/aromatic N) is 1. The summed E-state index contributed by atoms with van der Waals surface area (Å²) in [5, 5.41) is 3.99. The molecule has 0 spiro atoms. The molecule has 1 atom stereocenters. The van der Waals surface area contributed by atoms with Crippen molar-refractivity contribution in [3.8, 4) is 5.75 Å². The molecule has 0 fully saturated rings. The molecule has 3 aromatic rings. The zero-order valence-corrected chi connectivity index (χ0v) is 15.7. The van der Waals surface area contributed by atoms with Crippen LogP contribution in [0.2, 0.25) is 0 Å². The fraction of sp³-hybridized carbons (Fsp3) is 0.200. The molecule has 0 saturated heterocycles. The van der Waals surface area contributed by atoms with Crippen molar-refractivity contribution in [2.75, 3.05) is 12.4 Å². The number of hydrogen-bond acceptors (Lipinski definition) is 3. The van der Waals surface area contributed by atoms with Gasteiger partial charge in [-0.3, -0.25) is 9.78 Å². The van der Waals surface area contributed by atoms with Crippen molar-refractivity contribution < 1.29 is 9.53 Å². The molecule has 4 nitrogen and oxygen atoms in total. The molecular weight excluding hydrogens is 380 g/mol. The third-order valence-corrected chi connectivity index (χ3v) is 4.61. The van der Waals surface area contributed by atoms with E-state index in [0.717, 1.165) is 32.4 Å². The molecule has 25 heavy (non-hydrogen) atoms. The van der Waals surface area contributed by atoms with Crippen LogP contribution >= 0.6 is 15.9 Å². The number of carbonyl (C=O) groups excluding carboxylic acids is 1. The molecule has 1 amide bonds. The molecule has 1 unspecified atom stereocenters. The summed E-state index contributed by atoms with van der Waals surface area (Å²) in [6, 6.07) is 15.5. The third kappa shape index (κ3) is 3.99. The standard InChI is InChI=1S/C20H19BrN2O2/c1-13(16-12-15(21)8-9-18(16)25-2)11-19(24)23-17-7-3-5-14-6-4-10-22-20(14)17/h3-10,12-13H,11H2,1-2H3,(H,23,24). The summed E-state index contributed by atoms with van der Waals surface area (Å²) in [5.41, 5.74) is 2.53. The average molecular weight is 399 g/mol. The van der Waals surface area contributed by atoms with E-state index in [-0.39, 0.29) is 11.8 Å². The maximum atomic E-state index is 12.5. The molecule has 5 heteroatoms. The summed E-state index contributed by atoms with van der Waals surface area (Å²) in [7, 11) is 1.64. The van der Waals surface area contributed by atoms with Crippen molar-refractivity contribution in [2.24, 2.45) is 0 Å². The highest BCUT2D eigenvalue weighted by Crippen LogP contribution is 2.32. The number of para-hydroxylation sites is 1. The lowest BCUT2D eigenvalue weighted by Gasteiger charge is -2.16. The summed E-state index contributed by atoms with van der Waals surface area (Å²) in [4.78, 5) is 16.9. The minimum Gasteiger partial charge on any atom is -0.496 e. The topological polar surface area (TPSA) is 51.2 Å². The van der Waals surface area contributed by atoms with Crippen molar-refractivity contribution in [3.63, 3.8) is 0 Å². The van der Waals surface area contributed by atoms with Gasteiger partial charge in [0.15, 0.2) is 0 Å². The van der Waals surface area contributed by atoms with Crippen molar-refractivity contribution >= 4 is 38.4 Å². The van der Waals surface area contributed by atoms with Crippen LogP contribution in [0.4, 0.5) is 5.69 Å². The maximum absolute atomic E-state index is 12.5. The fourth-order valence-corrected chi connectivity index (χ4v) is 3.26. The van der Waals surface area contributed by atoms with Gasteiger partial charge in [0.25, 0.3) is 0 Å². The zero-order chi connectivity index (χ0) is 17.8. The molecule has 128 valence electrons. The van der Waals surface area contributed by atoms with E-state index >= 15 is 0 Å². The van der Waals surface area contributed by atoms with E-state index in [4.69, 9.17) is 4.74 Å². The van der Waals surface area contributed by atoms with E-state index in [9.17, 15) is 4.79 Å². The van der Waals surface area contributed by atoms with Gasteiger partial charge in [0, 0.05) is 22.5 Å². The predicted molar refractivity (Wildman–Crippen MR) is 104 cm³/mol. The van der Waals surface area contributed by atoms with E-state index in [2.05, 4.69) is 26.2 Å². The molecule has 1 N–H and O–H groups in total. The summed E-state index contributed by atoms with van der Waals surface area (Å²) < 4.78 is 6.38. The Kier molecular flexibility index (Phi) is 5.34. The van der Waals surface area contributed by atoms with Gasteiger partial charge in [0.05, 0.1) is 18.3 Å². The van der Waals surface area contributed by atoms with Crippen molar-refractivity contribution in [3.05, 3.63) is 64.8 Å². The van der Waals surface area contributed by atoms with Crippen LogP contribution in [0, 0.1) is 0 Å². The second kappa shape index (κ2) is 7.66. The number of carbonyl (C=O) groups is 1. The molecule has 3 rings (SSSR count). The van der Waals surface area contributed by atoms with Crippen LogP contribution in [-0.2, 0) is 4.79 Å². The Bertz CT molecular complexity index is 906. The minimum absolute atomic E-state index is 0.0235. The molecular formula is C20H19BrN2O2. The molecule has 0 aliphatic rings. The van der Waals surface area contributed by atoms with Crippen molar-refractivity contribution in [2.45, 2.75) is 19.3 Å². The smallest absolute Gasteiger partial charge is 0.225 e. The van der Waals surface area contributed by atoms with Crippen LogP contribution in [-0.4, -0.2) is 18.0 Å². The molecule has 0 aliphatic carbocycles. The lowest BCUT2D eigenvalue weighted by molar-refractivity contribution is -0.116. The quantitative estimate of drug-likeness (QED) is 0.647. The van der Waals surface area contributed by atoms with Gasteiger partial charge in [0.1, 0.15) is 5.75 Å². The normalized spacial score (nSPS) is 12.0. The fourth-order valence-electron chi connectivity index (χ4n) is 2.88. The number of aromatic nitrogens is 1. The molecule has 1 heterocycles. The number of nitrogens with one attached hydrogen (secondary N) is 1. The van der Waals surface area contributed by atoms with Crippen LogP contribution < -0.4 is 10.1 Å². The van der Waals surface area contributed by atoms with E-state index in [1.54, 1.807) is 13.3 Å². The summed E-state index contributed by atoms with van der Waals surface area (Å²) >= 11 is 3.48. The first-order valence-electron chi connectivity index (χ1n) is 8.05. The highest BCUT2D eigenvalue weighted by Gasteiger charge is 2.16. The zero-order valence-electron chi connectivity index (χ0n) is 14.1. The predicted octanol–water partition coefficient (Wildman–Crippen LogP) is 5.14. The Balaban J connectivity index is 1.77. The molecule has 2 aromatic carbocycles. The number of halogens is 1. The lowest BCUT2D eigenvalue weighted by atomic mass is 9.96. The van der Waals surface area contributed by atoms with E-state index < -0.39 is 0 Å². The molecule has 1 aromatic heterocycles. The van der Waals surface area contributed by atoms with Crippen LogP contribution in [0.3, 0.4) is 0 Å². The van der Waals surface area contributed by atoms with Gasteiger partial charge in [-0.1, -0.05) is 41.1 Å². The van der Waals surface area contributed by atoms with Crippen LogP contribution in [0.1, 0.15) is 24.8 Å². The number of methoxy groups -OCH3 is 1. The first kappa shape index (κ1) is 17.4. The Labute approximate surface area is 155 Å². The van der Waals surface area contributed by atoms with E-state index in [1.165, 1.54) is 0 Å². The van der Waals surface area contributed by atoms with Gasteiger partial charge in [-0.25, -0.2) is 0 Å². The first-order valence-corrected chi connectivity index (χ1v) is 8.85. The maximum Gasteiger partial charge on any atom is 0.225 e. The second-order valence-corrected chi connectivity index (χ2v) is 6.84. The number of ether oxygens (including phenoxy) is 1. The number of amides is 1. The van der Waals surface area contributed by atoms with Gasteiger partial charge in [0.2, 0.25) is 5.91 Å². The molecule has 0 bridgehead atoms. The summed E-state index contributed by atoms with van der Waals surface area (Å²) in [6.07, 6.45) is 2.09.